The van der Waals surface area contributed by atoms with Gasteiger partial charge in [0.15, 0.2) is 0 Å². The highest BCUT2D eigenvalue weighted by Gasteiger charge is 2.17. The molecule has 0 spiro atoms. The van der Waals surface area contributed by atoms with Gasteiger partial charge in [-0.1, -0.05) is 0 Å². The molecule has 0 unspecified atom stereocenters. The predicted octanol–water partition coefficient (Wildman–Crippen LogP) is 2.42. The van der Waals surface area contributed by atoms with Gasteiger partial charge in [0.25, 0.3) is 5.91 Å². The molecule has 0 aliphatic carbocycles. The lowest BCUT2D eigenvalue weighted by Gasteiger charge is -2.16. The summed E-state index contributed by atoms with van der Waals surface area (Å²) >= 11 is 1.23. The van der Waals surface area contributed by atoms with Crippen molar-refractivity contribution in [1.29, 1.82) is 0 Å². The Hall–Kier alpha value is -2.29. The molecule has 0 aromatic carbocycles. The molecule has 0 atom stereocenters. The Bertz CT molecular complexity index is 634. The normalized spacial score (nSPS) is 10.6. The van der Waals surface area contributed by atoms with Crippen LogP contribution in [0.4, 0.5) is 8.78 Å². The molecule has 2 heterocycles. The van der Waals surface area contributed by atoms with E-state index >= 15 is 0 Å². The Labute approximate surface area is 129 Å². The highest BCUT2D eigenvalue weighted by Crippen LogP contribution is 2.20. The van der Waals surface area contributed by atoms with Gasteiger partial charge in [0.2, 0.25) is 5.88 Å². The number of aromatic nitrogens is 2. The van der Waals surface area contributed by atoms with Crippen molar-refractivity contribution in [2.24, 2.45) is 0 Å². The van der Waals surface area contributed by atoms with E-state index in [2.05, 4.69) is 14.1 Å². The van der Waals surface area contributed by atoms with Crippen LogP contribution in [-0.4, -0.2) is 40.9 Å². The van der Waals surface area contributed by atoms with Crippen LogP contribution in [0, 0.1) is 0 Å². The minimum Gasteiger partial charge on any atom is -0.480 e. The minimum atomic E-state index is -2.93. The number of amides is 1. The van der Waals surface area contributed by atoms with Crippen molar-refractivity contribution in [2.75, 3.05) is 14.2 Å². The smallest absolute Gasteiger partial charge is 0.387 e. The number of carbonyl (C=O) groups excluding carboxylic acids is 1. The molecule has 2 aromatic rings. The molecule has 0 aliphatic rings. The van der Waals surface area contributed by atoms with E-state index in [9.17, 15) is 13.6 Å². The monoisotopic (exact) mass is 329 g/mol. The Morgan fingerprint density at radius 1 is 1.45 bits per heavy atom. The van der Waals surface area contributed by atoms with E-state index in [1.807, 2.05) is 0 Å². The number of rotatable bonds is 6. The van der Waals surface area contributed by atoms with E-state index in [4.69, 9.17) is 4.74 Å². The third-order valence-corrected chi connectivity index (χ3v) is 3.39. The number of hydrogen-bond donors (Lipinski definition) is 0. The highest BCUT2D eigenvalue weighted by atomic mass is 32.1. The summed E-state index contributed by atoms with van der Waals surface area (Å²) in [4.78, 5) is 17.5. The fourth-order valence-electron chi connectivity index (χ4n) is 1.72. The molecule has 9 heteroatoms. The van der Waals surface area contributed by atoms with Gasteiger partial charge in [-0.05, 0) is 23.7 Å². The van der Waals surface area contributed by atoms with Crippen molar-refractivity contribution >= 4 is 17.4 Å². The largest absolute Gasteiger partial charge is 0.480 e. The third-order valence-electron chi connectivity index (χ3n) is 2.73. The number of hydrogen-bond acceptors (Lipinski definition) is 6. The molecule has 6 nitrogen and oxygen atoms in total. The van der Waals surface area contributed by atoms with E-state index in [1.54, 1.807) is 12.4 Å². The highest BCUT2D eigenvalue weighted by molar-refractivity contribution is 7.03. The average Bonchev–Trinajstić information content (AvgIpc) is 2.93. The molecule has 0 saturated carbocycles. The number of ether oxygens (including phenoxy) is 2. The van der Waals surface area contributed by atoms with E-state index in [1.165, 1.54) is 35.7 Å². The fraction of sp³-hybridized carbons (Fsp3) is 0.308. The molecule has 0 saturated heterocycles. The molecule has 2 aromatic heterocycles. The first-order valence-electron chi connectivity index (χ1n) is 6.15. The summed E-state index contributed by atoms with van der Waals surface area (Å²) in [6.45, 7) is -2.63. The van der Waals surface area contributed by atoms with Gasteiger partial charge in [-0.2, -0.15) is 13.2 Å². The molecular weight excluding hydrogens is 316 g/mol. The second-order valence-corrected chi connectivity index (χ2v) is 4.90. The molecule has 0 bridgehead atoms. The number of methoxy groups -OCH3 is 1. The lowest BCUT2D eigenvalue weighted by atomic mass is 10.3. The lowest BCUT2D eigenvalue weighted by molar-refractivity contribution is -0.0500. The SMILES string of the molecule is COc1nscc1CN(C)C(=O)c1ccc(OC(F)F)cn1. The molecule has 1 amide bonds. The fourth-order valence-corrected chi connectivity index (χ4v) is 2.37. The zero-order valence-corrected chi connectivity index (χ0v) is 12.6. The number of nitrogens with zero attached hydrogens (tertiary/aromatic N) is 3. The quantitative estimate of drug-likeness (QED) is 0.814. The van der Waals surface area contributed by atoms with Crippen molar-refractivity contribution in [3.05, 3.63) is 35.0 Å². The van der Waals surface area contributed by atoms with Crippen LogP contribution in [0.3, 0.4) is 0 Å². The minimum absolute atomic E-state index is 0.0992. The molecule has 2 rings (SSSR count). The molecule has 22 heavy (non-hydrogen) atoms. The second kappa shape index (κ2) is 7.12. The maximum atomic E-state index is 12.2. The first-order chi connectivity index (χ1) is 10.5. The van der Waals surface area contributed by atoms with Crippen molar-refractivity contribution in [2.45, 2.75) is 13.2 Å². The molecule has 0 N–H and O–H groups in total. The Morgan fingerprint density at radius 2 is 2.23 bits per heavy atom. The third kappa shape index (κ3) is 3.88. The number of carbonyl (C=O) groups is 1. The molecule has 0 aliphatic heterocycles. The van der Waals surface area contributed by atoms with Crippen molar-refractivity contribution in [3.8, 4) is 11.6 Å². The summed E-state index contributed by atoms with van der Waals surface area (Å²) in [5, 5.41) is 1.79. The van der Waals surface area contributed by atoms with Gasteiger partial charge in [0.1, 0.15) is 11.4 Å². The van der Waals surface area contributed by atoms with Crippen molar-refractivity contribution in [1.82, 2.24) is 14.3 Å². The molecule has 0 radical (unpaired) electrons. The maximum absolute atomic E-state index is 12.2. The first-order valence-corrected chi connectivity index (χ1v) is 6.98. The summed E-state index contributed by atoms with van der Waals surface area (Å²) in [6, 6.07) is 2.60. The van der Waals surface area contributed by atoms with Gasteiger partial charge >= 0.3 is 6.61 Å². The van der Waals surface area contributed by atoms with Crippen LogP contribution in [0.15, 0.2) is 23.7 Å². The van der Waals surface area contributed by atoms with Crippen LogP contribution >= 0.6 is 11.5 Å². The van der Waals surface area contributed by atoms with Gasteiger partial charge in [-0.3, -0.25) is 4.79 Å². The zero-order chi connectivity index (χ0) is 16.1. The van der Waals surface area contributed by atoms with E-state index in [-0.39, 0.29) is 17.4 Å². The van der Waals surface area contributed by atoms with Crippen LogP contribution in [-0.2, 0) is 6.54 Å². The Balaban J connectivity index is 2.04. The van der Waals surface area contributed by atoms with Gasteiger partial charge < -0.3 is 14.4 Å². The molecule has 0 fully saturated rings. The maximum Gasteiger partial charge on any atom is 0.387 e. The van der Waals surface area contributed by atoms with Gasteiger partial charge in [-0.15, -0.1) is 0 Å². The van der Waals surface area contributed by atoms with Gasteiger partial charge in [0, 0.05) is 18.0 Å². The van der Waals surface area contributed by atoms with Gasteiger partial charge in [-0.25, -0.2) is 4.98 Å². The second-order valence-electron chi connectivity index (χ2n) is 4.27. The van der Waals surface area contributed by atoms with Crippen LogP contribution in [0.5, 0.6) is 11.6 Å². The Kier molecular flexibility index (Phi) is 5.21. The Morgan fingerprint density at radius 3 is 2.82 bits per heavy atom. The van der Waals surface area contributed by atoms with Crippen LogP contribution < -0.4 is 9.47 Å². The first kappa shape index (κ1) is 16.1. The lowest BCUT2D eigenvalue weighted by Crippen LogP contribution is -2.27. The molecule has 118 valence electrons. The average molecular weight is 329 g/mol. The van der Waals surface area contributed by atoms with Gasteiger partial charge in [0.05, 0.1) is 19.9 Å². The molecular formula is C13H13F2N3O3S. The number of alkyl halides is 2. The summed E-state index contributed by atoms with van der Waals surface area (Å²) in [5.74, 6) is 0.0213. The number of halogens is 2. The van der Waals surface area contributed by atoms with E-state index in [0.717, 1.165) is 11.8 Å². The summed E-state index contributed by atoms with van der Waals surface area (Å²) < 4.78 is 37.4. The summed E-state index contributed by atoms with van der Waals surface area (Å²) in [5.41, 5.74) is 0.910. The number of pyridine rings is 1. The van der Waals surface area contributed by atoms with E-state index in [0.29, 0.717) is 12.4 Å². The summed E-state index contributed by atoms with van der Waals surface area (Å²) in [7, 11) is 3.11. The van der Waals surface area contributed by atoms with Crippen LogP contribution in [0.2, 0.25) is 0 Å². The van der Waals surface area contributed by atoms with Crippen molar-refractivity contribution < 1.29 is 23.0 Å². The topological polar surface area (TPSA) is 64.5 Å². The van der Waals surface area contributed by atoms with Crippen LogP contribution in [0.25, 0.3) is 0 Å². The predicted molar refractivity (Wildman–Crippen MR) is 75.3 cm³/mol. The summed E-state index contributed by atoms with van der Waals surface area (Å²) in [6.07, 6.45) is 1.08. The van der Waals surface area contributed by atoms with Crippen LogP contribution in [0.1, 0.15) is 16.1 Å². The van der Waals surface area contributed by atoms with E-state index < -0.39 is 6.61 Å². The standard InChI is InChI=1S/C13H13F2N3O3S/c1-18(6-8-7-22-17-11(8)20-2)12(19)10-4-3-9(5-16-10)21-13(14)15/h3-5,7,13H,6H2,1-2H3. The van der Waals surface area contributed by atoms with Crippen molar-refractivity contribution in [3.63, 3.8) is 0 Å². The zero-order valence-electron chi connectivity index (χ0n) is 11.8.